The number of aliphatic hydroxyl groups is 1. The van der Waals surface area contributed by atoms with Gasteiger partial charge in [-0.05, 0) is 18.1 Å². The second-order valence-electron chi connectivity index (χ2n) is 4.42. The van der Waals surface area contributed by atoms with Crippen molar-refractivity contribution in [2.24, 2.45) is 0 Å². The van der Waals surface area contributed by atoms with Gasteiger partial charge >= 0.3 is 0 Å². The fraction of sp³-hybridized carbons (Fsp3) is 0.538. The maximum atomic E-state index is 10.2. The van der Waals surface area contributed by atoms with Crippen LogP contribution in [0.2, 0.25) is 0 Å². The maximum absolute atomic E-state index is 10.2. The van der Waals surface area contributed by atoms with E-state index in [4.69, 9.17) is 0 Å². The molecule has 88 valence electrons. The van der Waals surface area contributed by atoms with Gasteiger partial charge < -0.3 is 10.4 Å². The van der Waals surface area contributed by atoms with Gasteiger partial charge in [-0.15, -0.1) is 0 Å². The first-order valence-electron chi connectivity index (χ1n) is 5.94. The SMILES string of the molecule is Cc1ccccc1C(O)CN1CCNCC1. The minimum Gasteiger partial charge on any atom is -0.387 e. The van der Waals surface area contributed by atoms with Crippen LogP contribution < -0.4 is 5.32 Å². The van der Waals surface area contributed by atoms with Gasteiger partial charge in [-0.1, -0.05) is 24.3 Å². The summed E-state index contributed by atoms with van der Waals surface area (Å²) in [6.07, 6.45) is -0.362. The molecule has 2 rings (SSSR count). The van der Waals surface area contributed by atoms with Gasteiger partial charge in [0.15, 0.2) is 0 Å². The molecule has 3 heteroatoms. The molecule has 1 atom stereocenters. The maximum Gasteiger partial charge on any atom is 0.0919 e. The standard InChI is InChI=1S/C13H20N2O/c1-11-4-2-3-5-12(11)13(16)10-15-8-6-14-7-9-15/h2-5,13-14,16H,6-10H2,1H3. The van der Waals surface area contributed by atoms with Crippen molar-refractivity contribution in [3.63, 3.8) is 0 Å². The Morgan fingerprint density at radius 1 is 1.31 bits per heavy atom. The molecule has 1 heterocycles. The van der Waals surface area contributed by atoms with Crippen molar-refractivity contribution in [2.45, 2.75) is 13.0 Å². The van der Waals surface area contributed by atoms with Gasteiger partial charge in [-0.25, -0.2) is 0 Å². The smallest absolute Gasteiger partial charge is 0.0919 e. The Bertz CT molecular complexity index is 334. The summed E-state index contributed by atoms with van der Waals surface area (Å²) in [5.41, 5.74) is 2.23. The zero-order valence-corrected chi connectivity index (χ0v) is 9.82. The second-order valence-corrected chi connectivity index (χ2v) is 4.42. The second kappa shape index (κ2) is 5.43. The molecule has 1 aliphatic rings. The van der Waals surface area contributed by atoms with Crippen LogP contribution in [0.1, 0.15) is 17.2 Å². The van der Waals surface area contributed by atoms with Gasteiger partial charge in [0.05, 0.1) is 6.10 Å². The average molecular weight is 220 g/mol. The number of β-amino-alcohol motifs (C(OH)–C–C–N with tert-alkyl or cyclic N) is 1. The Morgan fingerprint density at radius 2 is 2.00 bits per heavy atom. The van der Waals surface area contributed by atoms with Crippen LogP contribution in [-0.4, -0.2) is 42.7 Å². The first-order valence-corrected chi connectivity index (χ1v) is 5.94. The lowest BCUT2D eigenvalue weighted by Crippen LogP contribution is -2.45. The van der Waals surface area contributed by atoms with Crippen LogP contribution in [0, 0.1) is 6.92 Å². The summed E-state index contributed by atoms with van der Waals surface area (Å²) in [5, 5.41) is 13.5. The van der Waals surface area contributed by atoms with E-state index in [1.807, 2.05) is 18.2 Å². The van der Waals surface area contributed by atoms with E-state index in [-0.39, 0.29) is 6.10 Å². The molecule has 0 radical (unpaired) electrons. The number of nitrogens with one attached hydrogen (secondary N) is 1. The van der Waals surface area contributed by atoms with Gasteiger partial charge in [0.1, 0.15) is 0 Å². The molecule has 1 aromatic rings. The van der Waals surface area contributed by atoms with E-state index in [0.29, 0.717) is 0 Å². The normalized spacial score (nSPS) is 19.6. The van der Waals surface area contributed by atoms with E-state index in [1.54, 1.807) is 0 Å². The molecular formula is C13H20N2O. The highest BCUT2D eigenvalue weighted by atomic mass is 16.3. The number of benzene rings is 1. The average Bonchev–Trinajstić information content (AvgIpc) is 2.31. The summed E-state index contributed by atoms with van der Waals surface area (Å²) >= 11 is 0. The Kier molecular flexibility index (Phi) is 3.93. The highest BCUT2D eigenvalue weighted by Crippen LogP contribution is 2.18. The minimum atomic E-state index is -0.362. The Hall–Kier alpha value is -0.900. The lowest BCUT2D eigenvalue weighted by atomic mass is 10.0. The molecule has 3 nitrogen and oxygen atoms in total. The van der Waals surface area contributed by atoms with Crippen molar-refractivity contribution in [1.29, 1.82) is 0 Å². The van der Waals surface area contributed by atoms with Gasteiger partial charge in [0.2, 0.25) is 0 Å². The molecule has 1 aliphatic heterocycles. The predicted octanol–water partition coefficient (Wildman–Crippen LogP) is 0.934. The summed E-state index contributed by atoms with van der Waals surface area (Å²) in [4.78, 5) is 2.31. The summed E-state index contributed by atoms with van der Waals surface area (Å²) in [6.45, 7) is 6.91. The molecule has 1 aromatic carbocycles. The quantitative estimate of drug-likeness (QED) is 0.795. The monoisotopic (exact) mass is 220 g/mol. The van der Waals surface area contributed by atoms with Crippen LogP contribution in [0.5, 0.6) is 0 Å². The van der Waals surface area contributed by atoms with E-state index in [0.717, 1.165) is 38.3 Å². The molecule has 0 aromatic heterocycles. The first kappa shape index (κ1) is 11.6. The van der Waals surface area contributed by atoms with E-state index < -0.39 is 0 Å². The molecule has 1 unspecified atom stereocenters. The summed E-state index contributed by atoms with van der Waals surface area (Å²) in [5.74, 6) is 0. The van der Waals surface area contributed by atoms with Crippen LogP contribution in [0.15, 0.2) is 24.3 Å². The molecule has 16 heavy (non-hydrogen) atoms. The van der Waals surface area contributed by atoms with Crippen LogP contribution in [0.25, 0.3) is 0 Å². The number of piperazine rings is 1. The molecule has 2 N–H and O–H groups in total. The number of aryl methyl sites for hydroxylation is 1. The van der Waals surface area contributed by atoms with Gasteiger partial charge in [0.25, 0.3) is 0 Å². The summed E-state index contributed by atoms with van der Waals surface area (Å²) < 4.78 is 0. The minimum absolute atomic E-state index is 0.362. The van der Waals surface area contributed by atoms with Gasteiger partial charge in [-0.3, -0.25) is 4.90 Å². The number of nitrogens with zero attached hydrogens (tertiary/aromatic N) is 1. The molecule has 0 spiro atoms. The Labute approximate surface area is 97.1 Å². The number of hydrogen-bond donors (Lipinski definition) is 2. The third kappa shape index (κ3) is 2.82. The van der Waals surface area contributed by atoms with Crippen molar-refractivity contribution in [3.05, 3.63) is 35.4 Å². The fourth-order valence-corrected chi connectivity index (χ4v) is 2.20. The zero-order chi connectivity index (χ0) is 11.4. The summed E-state index contributed by atoms with van der Waals surface area (Å²) in [7, 11) is 0. The van der Waals surface area contributed by atoms with Crippen molar-refractivity contribution in [1.82, 2.24) is 10.2 Å². The van der Waals surface area contributed by atoms with Crippen molar-refractivity contribution in [2.75, 3.05) is 32.7 Å². The molecule has 0 amide bonds. The highest BCUT2D eigenvalue weighted by molar-refractivity contribution is 5.27. The van der Waals surface area contributed by atoms with E-state index in [2.05, 4.69) is 23.2 Å². The fourth-order valence-electron chi connectivity index (χ4n) is 2.20. The van der Waals surface area contributed by atoms with E-state index >= 15 is 0 Å². The molecule has 0 saturated carbocycles. The number of aliphatic hydroxyl groups excluding tert-OH is 1. The third-order valence-electron chi connectivity index (χ3n) is 3.19. The van der Waals surface area contributed by atoms with Gasteiger partial charge in [-0.2, -0.15) is 0 Å². The number of rotatable bonds is 3. The van der Waals surface area contributed by atoms with Crippen molar-refractivity contribution < 1.29 is 5.11 Å². The Morgan fingerprint density at radius 3 is 2.69 bits per heavy atom. The van der Waals surface area contributed by atoms with Crippen molar-refractivity contribution >= 4 is 0 Å². The molecular weight excluding hydrogens is 200 g/mol. The Balaban J connectivity index is 1.96. The van der Waals surface area contributed by atoms with Crippen LogP contribution in [0.4, 0.5) is 0 Å². The number of hydrogen-bond acceptors (Lipinski definition) is 3. The summed E-state index contributed by atoms with van der Waals surface area (Å²) in [6, 6.07) is 8.07. The van der Waals surface area contributed by atoms with Crippen molar-refractivity contribution in [3.8, 4) is 0 Å². The molecule has 1 saturated heterocycles. The highest BCUT2D eigenvalue weighted by Gasteiger charge is 2.16. The molecule has 1 fully saturated rings. The van der Waals surface area contributed by atoms with E-state index in [9.17, 15) is 5.11 Å². The van der Waals surface area contributed by atoms with E-state index in [1.165, 1.54) is 5.56 Å². The zero-order valence-electron chi connectivity index (χ0n) is 9.82. The third-order valence-corrected chi connectivity index (χ3v) is 3.19. The van der Waals surface area contributed by atoms with Crippen LogP contribution in [0.3, 0.4) is 0 Å². The lowest BCUT2D eigenvalue weighted by molar-refractivity contribution is 0.105. The largest absolute Gasteiger partial charge is 0.387 e. The molecule has 0 bridgehead atoms. The molecule has 0 aliphatic carbocycles. The topological polar surface area (TPSA) is 35.5 Å². The lowest BCUT2D eigenvalue weighted by Gasteiger charge is -2.29. The van der Waals surface area contributed by atoms with Crippen LogP contribution >= 0.6 is 0 Å². The first-order chi connectivity index (χ1) is 7.77. The van der Waals surface area contributed by atoms with Crippen LogP contribution in [-0.2, 0) is 0 Å². The predicted molar refractivity (Wildman–Crippen MR) is 65.4 cm³/mol. The van der Waals surface area contributed by atoms with Gasteiger partial charge in [0, 0.05) is 32.7 Å².